The van der Waals surface area contributed by atoms with Crippen molar-refractivity contribution in [2.75, 3.05) is 5.32 Å². The molecule has 0 saturated heterocycles. The topological polar surface area (TPSA) is 37.8 Å². The summed E-state index contributed by atoms with van der Waals surface area (Å²) >= 11 is 8.01. The lowest BCUT2D eigenvalue weighted by molar-refractivity contribution is 1.13. The molecule has 3 nitrogen and oxygen atoms in total. The van der Waals surface area contributed by atoms with Crippen molar-refractivity contribution in [2.24, 2.45) is 0 Å². The van der Waals surface area contributed by atoms with Crippen LogP contribution in [0, 0.1) is 10.5 Å². The Balaban J connectivity index is 2.26. The molecule has 0 fully saturated rings. The van der Waals surface area contributed by atoms with Crippen LogP contribution in [0.5, 0.6) is 0 Å². The summed E-state index contributed by atoms with van der Waals surface area (Å²) in [6.07, 6.45) is 1.70. The molecule has 2 rings (SSSR count). The average molecular weight is 346 g/mol. The Kier molecular flexibility index (Phi) is 3.60. The van der Waals surface area contributed by atoms with Crippen LogP contribution in [0.1, 0.15) is 5.56 Å². The fourth-order valence-corrected chi connectivity index (χ4v) is 1.71. The van der Waals surface area contributed by atoms with Crippen molar-refractivity contribution < 1.29 is 0 Å². The number of nitrogens with one attached hydrogen (secondary N) is 1. The van der Waals surface area contributed by atoms with Crippen molar-refractivity contribution in [3.05, 3.63) is 44.9 Å². The number of nitrogens with zero attached hydrogens (tertiary/aromatic N) is 2. The Bertz CT molecular complexity index is 499. The van der Waals surface area contributed by atoms with E-state index in [1.54, 1.807) is 6.20 Å². The van der Waals surface area contributed by atoms with Crippen molar-refractivity contribution in [3.63, 3.8) is 0 Å². The summed E-state index contributed by atoms with van der Waals surface area (Å²) in [5, 5.41) is 3.45. The molecule has 0 unspecified atom stereocenters. The third-order valence-electron chi connectivity index (χ3n) is 2.05. The molecule has 16 heavy (non-hydrogen) atoms. The number of halogens is 2. The van der Waals surface area contributed by atoms with Crippen molar-refractivity contribution in [3.8, 4) is 0 Å². The van der Waals surface area contributed by atoms with Crippen LogP contribution in [0.4, 0.5) is 11.5 Å². The standard InChI is InChI=1S/C11H9ClIN3/c1-7-6-14-11(12)16-10(7)15-9-4-2-8(13)3-5-9/h2-6H,1H3,(H,14,15,16). The molecule has 0 spiro atoms. The molecule has 0 aliphatic heterocycles. The number of benzene rings is 1. The summed E-state index contributed by atoms with van der Waals surface area (Å²) in [7, 11) is 0. The second-order valence-electron chi connectivity index (χ2n) is 3.30. The van der Waals surface area contributed by atoms with Crippen LogP contribution in [0.15, 0.2) is 30.5 Å². The number of hydrogen-bond donors (Lipinski definition) is 1. The first-order valence-electron chi connectivity index (χ1n) is 4.67. The van der Waals surface area contributed by atoms with Gasteiger partial charge < -0.3 is 5.32 Å². The lowest BCUT2D eigenvalue weighted by Crippen LogP contribution is -1.97. The molecule has 0 radical (unpaired) electrons. The van der Waals surface area contributed by atoms with Gasteiger partial charge in [0.25, 0.3) is 0 Å². The summed E-state index contributed by atoms with van der Waals surface area (Å²) < 4.78 is 1.19. The lowest BCUT2D eigenvalue weighted by atomic mass is 10.3. The SMILES string of the molecule is Cc1cnc(Cl)nc1Nc1ccc(I)cc1. The Hall–Kier alpha value is -0.880. The van der Waals surface area contributed by atoms with Gasteiger partial charge in [-0.1, -0.05) is 0 Å². The Morgan fingerprint density at radius 1 is 1.25 bits per heavy atom. The van der Waals surface area contributed by atoms with Gasteiger partial charge in [0.15, 0.2) is 0 Å². The second kappa shape index (κ2) is 4.97. The smallest absolute Gasteiger partial charge is 0.224 e. The molecule has 0 aliphatic rings. The molecule has 82 valence electrons. The zero-order valence-corrected chi connectivity index (χ0v) is 11.5. The molecule has 1 N–H and O–H groups in total. The highest BCUT2D eigenvalue weighted by atomic mass is 127. The average Bonchev–Trinajstić information content (AvgIpc) is 2.27. The van der Waals surface area contributed by atoms with Gasteiger partial charge in [-0.15, -0.1) is 0 Å². The van der Waals surface area contributed by atoms with Crippen molar-refractivity contribution >= 4 is 45.7 Å². The molecule has 0 bridgehead atoms. The molecule has 0 amide bonds. The highest BCUT2D eigenvalue weighted by Gasteiger charge is 2.02. The van der Waals surface area contributed by atoms with E-state index in [1.807, 2.05) is 31.2 Å². The molecule has 1 heterocycles. The first kappa shape index (κ1) is 11.6. The Labute approximate surface area is 112 Å². The zero-order valence-electron chi connectivity index (χ0n) is 8.54. The highest BCUT2D eigenvalue weighted by Crippen LogP contribution is 2.19. The Morgan fingerprint density at radius 2 is 1.94 bits per heavy atom. The maximum Gasteiger partial charge on any atom is 0.224 e. The predicted molar refractivity (Wildman–Crippen MR) is 74.2 cm³/mol. The second-order valence-corrected chi connectivity index (χ2v) is 4.89. The molecule has 1 aromatic heterocycles. The van der Waals surface area contributed by atoms with E-state index in [0.29, 0.717) is 0 Å². The molecule has 0 aliphatic carbocycles. The minimum absolute atomic E-state index is 0.249. The van der Waals surface area contributed by atoms with Gasteiger partial charge in [0.2, 0.25) is 5.28 Å². The van der Waals surface area contributed by atoms with E-state index in [1.165, 1.54) is 3.57 Å². The van der Waals surface area contributed by atoms with Crippen LogP contribution in [-0.2, 0) is 0 Å². The monoisotopic (exact) mass is 345 g/mol. The van der Waals surface area contributed by atoms with Crippen LogP contribution in [0.2, 0.25) is 5.28 Å². The third-order valence-corrected chi connectivity index (χ3v) is 2.95. The quantitative estimate of drug-likeness (QED) is 0.665. The van der Waals surface area contributed by atoms with E-state index >= 15 is 0 Å². The number of anilines is 2. The number of rotatable bonds is 2. The van der Waals surface area contributed by atoms with Crippen LogP contribution in [0.3, 0.4) is 0 Å². The zero-order chi connectivity index (χ0) is 11.5. The van der Waals surface area contributed by atoms with Crippen molar-refractivity contribution in [1.29, 1.82) is 0 Å². The maximum atomic E-state index is 5.74. The van der Waals surface area contributed by atoms with Gasteiger partial charge in [0.1, 0.15) is 5.82 Å². The largest absolute Gasteiger partial charge is 0.340 e. The van der Waals surface area contributed by atoms with E-state index in [-0.39, 0.29) is 5.28 Å². The van der Waals surface area contributed by atoms with Gasteiger partial charge in [-0.05, 0) is 65.4 Å². The lowest BCUT2D eigenvalue weighted by Gasteiger charge is -2.08. The van der Waals surface area contributed by atoms with Gasteiger partial charge in [-0.25, -0.2) is 9.97 Å². The molecule has 2 aromatic rings. The van der Waals surface area contributed by atoms with Gasteiger partial charge in [0.05, 0.1) is 0 Å². The normalized spacial score (nSPS) is 10.2. The van der Waals surface area contributed by atoms with E-state index in [0.717, 1.165) is 17.1 Å². The highest BCUT2D eigenvalue weighted by molar-refractivity contribution is 14.1. The molecule has 0 saturated carbocycles. The van der Waals surface area contributed by atoms with Crippen LogP contribution in [0.25, 0.3) is 0 Å². The number of aryl methyl sites for hydroxylation is 1. The van der Waals surface area contributed by atoms with E-state index in [9.17, 15) is 0 Å². The van der Waals surface area contributed by atoms with Gasteiger partial charge in [0, 0.05) is 21.0 Å². The summed E-state index contributed by atoms with van der Waals surface area (Å²) in [5.74, 6) is 0.737. The van der Waals surface area contributed by atoms with Crippen molar-refractivity contribution in [1.82, 2.24) is 9.97 Å². The molecular weight excluding hydrogens is 336 g/mol. The van der Waals surface area contributed by atoms with Crippen molar-refractivity contribution in [2.45, 2.75) is 6.92 Å². The molecular formula is C11H9ClIN3. The first-order chi connectivity index (χ1) is 7.65. The number of hydrogen-bond acceptors (Lipinski definition) is 3. The molecule has 1 aromatic carbocycles. The van der Waals surface area contributed by atoms with E-state index in [2.05, 4.69) is 37.9 Å². The summed E-state index contributed by atoms with van der Waals surface area (Å²) in [5.41, 5.74) is 1.95. The molecule has 0 atom stereocenters. The summed E-state index contributed by atoms with van der Waals surface area (Å²) in [4.78, 5) is 8.04. The molecule has 5 heteroatoms. The minimum Gasteiger partial charge on any atom is -0.340 e. The summed E-state index contributed by atoms with van der Waals surface area (Å²) in [6.45, 7) is 1.94. The minimum atomic E-state index is 0.249. The number of aromatic nitrogens is 2. The van der Waals surface area contributed by atoms with E-state index < -0.39 is 0 Å². The maximum absolute atomic E-state index is 5.74. The van der Waals surface area contributed by atoms with Gasteiger partial charge in [-0.2, -0.15) is 0 Å². The fraction of sp³-hybridized carbons (Fsp3) is 0.0909. The van der Waals surface area contributed by atoms with Crippen LogP contribution >= 0.6 is 34.2 Å². The van der Waals surface area contributed by atoms with Gasteiger partial charge in [-0.3, -0.25) is 0 Å². The van der Waals surface area contributed by atoms with Crippen LogP contribution < -0.4 is 5.32 Å². The summed E-state index contributed by atoms with van der Waals surface area (Å²) in [6, 6.07) is 8.05. The first-order valence-corrected chi connectivity index (χ1v) is 6.12. The predicted octanol–water partition coefficient (Wildman–Crippen LogP) is 3.79. The van der Waals surface area contributed by atoms with Gasteiger partial charge >= 0.3 is 0 Å². The van der Waals surface area contributed by atoms with E-state index in [4.69, 9.17) is 11.6 Å². The third kappa shape index (κ3) is 2.82. The Morgan fingerprint density at radius 3 is 2.62 bits per heavy atom. The fourth-order valence-electron chi connectivity index (χ4n) is 1.22. The van der Waals surface area contributed by atoms with Crippen LogP contribution in [-0.4, -0.2) is 9.97 Å².